The van der Waals surface area contributed by atoms with Crippen LogP contribution in [-0.4, -0.2) is 29.9 Å². The molecular formula is C57H71F3N6O9. The maximum absolute atomic E-state index is 13.5. The Hall–Kier alpha value is -5.94. The second kappa shape index (κ2) is 23.1. The summed E-state index contributed by atoms with van der Waals surface area (Å²) in [4.78, 5) is 91.6. The molecule has 18 heteroatoms. The molecule has 0 bridgehead atoms. The standard InChI is InChI=1S/C20H25FN2O3.C19H23FN2O3.C18H23FN2O3/c1-11(21)18-22-19(25)17-14(10-16(24)26-20(17)23-18)8-4-7-13-9-15(13)12-5-2-3-6-12;1-10(20)17-21-18(24)16-13(9-15(23)25-19(16)22-17)7-6-12-8-14(12)11-4-2-3-5-11;1-9(2)13-7-11(13)5-4-6-12-8-14(22)24-18-15(12)17(23)20-16(21-18)10(3)19/h10-13,15H,2-9H2,1H3,(H,22,23,25);9-12,14H,2-8H2,1H3,(H,21,22,24);8-11,13H,4-7H2,1-3H3,(H,20,21,23). The average Bonchev–Trinajstić information content (AvgIpc) is 4.32. The van der Waals surface area contributed by atoms with Crippen LogP contribution in [0.4, 0.5) is 13.2 Å². The number of nitrogens with one attached hydrogen (secondary N) is 3. The molecule has 0 radical (unpaired) electrons. The van der Waals surface area contributed by atoms with E-state index in [9.17, 15) is 41.9 Å². The van der Waals surface area contributed by atoms with E-state index < -0.39 is 52.1 Å². The third kappa shape index (κ3) is 13.0. The molecule has 15 nitrogen and oxygen atoms in total. The molecule has 0 saturated heterocycles. The average molecular weight is 1040 g/mol. The maximum atomic E-state index is 13.5. The molecule has 11 rings (SSSR count). The molecule has 404 valence electrons. The molecule has 6 aromatic heterocycles. The van der Waals surface area contributed by atoms with Crippen molar-refractivity contribution in [2.75, 3.05) is 0 Å². The first-order valence-corrected chi connectivity index (χ1v) is 27.5. The minimum atomic E-state index is -1.43. The summed E-state index contributed by atoms with van der Waals surface area (Å²) in [6.45, 7) is 8.32. The molecule has 9 atom stereocenters. The van der Waals surface area contributed by atoms with Crippen molar-refractivity contribution in [3.63, 3.8) is 0 Å². The smallest absolute Gasteiger partial charge is 0.337 e. The van der Waals surface area contributed by atoms with Gasteiger partial charge < -0.3 is 28.2 Å². The molecule has 0 aromatic carbocycles. The number of aromatic nitrogens is 6. The highest BCUT2D eigenvalue weighted by Gasteiger charge is 2.44. The molecule has 6 heterocycles. The van der Waals surface area contributed by atoms with E-state index in [1.807, 2.05) is 0 Å². The molecule has 9 unspecified atom stereocenters. The molecule has 5 fully saturated rings. The number of nitrogens with zero attached hydrogens (tertiary/aromatic N) is 3. The van der Waals surface area contributed by atoms with Crippen molar-refractivity contribution in [2.45, 2.75) is 175 Å². The monoisotopic (exact) mass is 1040 g/mol. The zero-order valence-corrected chi connectivity index (χ0v) is 43.7. The van der Waals surface area contributed by atoms with Crippen molar-refractivity contribution < 1.29 is 26.4 Å². The highest BCUT2D eigenvalue weighted by Crippen LogP contribution is 2.53. The number of fused-ring (bicyclic) bond motifs is 3. The molecule has 5 aliphatic rings. The highest BCUT2D eigenvalue weighted by molar-refractivity contribution is 5.77. The minimum absolute atomic E-state index is 0.0612. The lowest BCUT2D eigenvalue weighted by Gasteiger charge is -2.09. The fourth-order valence-corrected chi connectivity index (χ4v) is 12.7. The second-order valence-corrected chi connectivity index (χ2v) is 22.6. The van der Waals surface area contributed by atoms with E-state index >= 15 is 0 Å². The summed E-state index contributed by atoms with van der Waals surface area (Å²) < 4.78 is 55.4. The number of aromatic amines is 3. The molecule has 0 spiro atoms. The number of H-pyrrole nitrogens is 3. The Kier molecular flexibility index (Phi) is 16.6. The Labute approximate surface area is 431 Å². The predicted octanol–water partition coefficient (Wildman–Crippen LogP) is 11.2. The lowest BCUT2D eigenvalue weighted by molar-refractivity contribution is 0.354. The summed E-state index contributed by atoms with van der Waals surface area (Å²) in [6.07, 6.45) is 17.5. The van der Waals surface area contributed by atoms with Crippen molar-refractivity contribution in [3.8, 4) is 0 Å². The largest absolute Gasteiger partial charge is 0.403 e. The summed E-state index contributed by atoms with van der Waals surface area (Å²) in [6, 6.07) is 4.11. The minimum Gasteiger partial charge on any atom is -0.403 e. The van der Waals surface area contributed by atoms with E-state index in [0.717, 1.165) is 73.5 Å². The number of hydrogen-bond donors (Lipinski definition) is 3. The molecule has 0 aliphatic heterocycles. The Balaban J connectivity index is 0.000000138. The number of alkyl halides is 3. The highest BCUT2D eigenvalue weighted by atomic mass is 19.1. The third-order valence-electron chi connectivity index (χ3n) is 16.9. The van der Waals surface area contributed by atoms with E-state index in [2.05, 4.69) is 43.8 Å². The first-order valence-electron chi connectivity index (χ1n) is 27.5. The van der Waals surface area contributed by atoms with Gasteiger partial charge in [-0.2, -0.15) is 15.0 Å². The fraction of sp³-hybridized carbons (Fsp3) is 0.632. The molecule has 3 N–H and O–H groups in total. The van der Waals surface area contributed by atoms with Crippen molar-refractivity contribution in [2.24, 2.45) is 53.3 Å². The number of aryl methyl sites for hydroxylation is 3. The first kappa shape index (κ1) is 53.9. The SMILES string of the molecule is CC(F)c1nc2oc(=O)cc(CCC3CC3C3CCCC3)c2c(=O)[nH]1.CC(F)c1nc2oc(=O)cc(CCCC3CC3C(C)C)c2c(=O)[nH]1.CC(F)c1nc2oc(=O)cc(CCCC3CC3C3CCCC3)c2c(=O)[nH]1. The molecule has 5 saturated carbocycles. The third-order valence-corrected chi connectivity index (χ3v) is 16.9. The lowest BCUT2D eigenvalue weighted by Crippen LogP contribution is -2.16. The van der Waals surface area contributed by atoms with Gasteiger partial charge in [0, 0.05) is 18.2 Å². The molecule has 0 amide bonds. The molecular weight excluding hydrogens is 970 g/mol. The van der Waals surface area contributed by atoms with Gasteiger partial charge in [-0.3, -0.25) is 14.4 Å². The summed E-state index contributed by atoms with van der Waals surface area (Å²) in [7, 11) is 0. The van der Waals surface area contributed by atoms with Crippen LogP contribution in [0.2, 0.25) is 0 Å². The number of halogens is 3. The lowest BCUT2D eigenvalue weighted by atomic mass is 9.98. The normalized spacial score (nSPS) is 23.5. The van der Waals surface area contributed by atoms with Gasteiger partial charge in [-0.15, -0.1) is 0 Å². The zero-order valence-electron chi connectivity index (χ0n) is 43.7. The van der Waals surface area contributed by atoms with E-state index in [1.165, 1.54) is 110 Å². The number of rotatable bonds is 17. The van der Waals surface area contributed by atoms with Crippen LogP contribution in [-0.2, 0) is 19.3 Å². The Morgan fingerprint density at radius 3 is 1.19 bits per heavy atom. The Morgan fingerprint density at radius 1 is 0.493 bits per heavy atom. The zero-order chi connectivity index (χ0) is 53.2. The van der Waals surface area contributed by atoms with E-state index in [4.69, 9.17) is 13.3 Å². The van der Waals surface area contributed by atoms with Gasteiger partial charge in [0.05, 0.1) is 0 Å². The summed E-state index contributed by atoms with van der Waals surface area (Å²) in [5.41, 5.74) is -1.23. The first-order chi connectivity index (χ1) is 35.9. The van der Waals surface area contributed by atoms with Gasteiger partial charge in [-0.25, -0.2) is 27.6 Å². The Bertz CT molecular complexity index is 3360. The van der Waals surface area contributed by atoms with Crippen LogP contribution < -0.4 is 33.6 Å². The molecule has 75 heavy (non-hydrogen) atoms. The van der Waals surface area contributed by atoms with Crippen LogP contribution >= 0.6 is 0 Å². The summed E-state index contributed by atoms with van der Waals surface area (Å²) >= 11 is 0. The maximum Gasteiger partial charge on any atom is 0.337 e. The van der Waals surface area contributed by atoms with Crippen molar-refractivity contribution in [3.05, 3.63) is 115 Å². The molecule has 6 aromatic rings. The van der Waals surface area contributed by atoms with Crippen molar-refractivity contribution >= 4 is 33.3 Å². The Morgan fingerprint density at radius 2 is 0.840 bits per heavy atom. The van der Waals surface area contributed by atoms with Gasteiger partial charge in [0.15, 0.2) is 18.5 Å². The topological polar surface area (TPSA) is 228 Å². The van der Waals surface area contributed by atoms with Gasteiger partial charge in [-0.1, -0.05) is 65.2 Å². The van der Waals surface area contributed by atoms with Crippen molar-refractivity contribution in [1.29, 1.82) is 0 Å². The van der Waals surface area contributed by atoms with E-state index in [0.29, 0.717) is 47.8 Å². The van der Waals surface area contributed by atoms with Crippen LogP contribution in [0.15, 0.2) is 60.2 Å². The summed E-state index contributed by atoms with van der Waals surface area (Å²) in [5.74, 6) is 6.97. The van der Waals surface area contributed by atoms with Gasteiger partial charge in [0.25, 0.3) is 16.7 Å². The summed E-state index contributed by atoms with van der Waals surface area (Å²) in [5, 5.41) is 0.814. The second-order valence-electron chi connectivity index (χ2n) is 22.6. The van der Waals surface area contributed by atoms with Crippen LogP contribution in [0.3, 0.4) is 0 Å². The van der Waals surface area contributed by atoms with E-state index in [-0.39, 0.29) is 50.8 Å². The van der Waals surface area contributed by atoms with Gasteiger partial charge in [-0.05, 0) is 161 Å². The van der Waals surface area contributed by atoms with Crippen LogP contribution in [0.5, 0.6) is 0 Å². The predicted molar refractivity (Wildman–Crippen MR) is 279 cm³/mol. The molecule has 5 aliphatic carbocycles. The van der Waals surface area contributed by atoms with Gasteiger partial charge in [0.1, 0.15) is 33.6 Å². The van der Waals surface area contributed by atoms with Crippen LogP contribution in [0.25, 0.3) is 33.3 Å². The van der Waals surface area contributed by atoms with Crippen LogP contribution in [0, 0.1) is 53.3 Å². The van der Waals surface area contributed by atoms with Gasteiger partial charge >= 0.3 is 16.9 Å². The van der Waals surface area contributed by atoms with Gasteiger partial charge in [0.2, 0.25) is 17.1 Å². The quantitative estimate of drug-likeness (QED) is 0.0775. The van der Waals surface area contributed by atoms with Crippen molar-refractivity contribution in [1.82, 2.24) is 29.9 Å². The number of hydrogen-bond acceptors (Lipinski definition) is 12. The fourth-order valence-electron chi connectivity index (χ4n) is 12.7. The van der Waals surface area contributed by atoms with E-state index in [1.54, 1.807) is 0 Å². The van der Waals surface area contributed by atoms with Crippen LogP contribution in [0.1, 0.15) is 190 Å².